The SMILES string of the molecule is CCc1ccc(OCC(=O)Nc2ccc3c(c2)N(CCOc2ccccc2)C(=O)CO3)cc1. The number of hydrogen-bond donors (Lipinski definition) is 1. The third kappa shape index (κ3) is 5.83. The summed E-state index contributed by atoms with van der Waals surface area (Å²) in [6.45, 7) is 2.62. The molecule has 0 bridgehead atoms. The molecule has 0 atom stereocenters. The number of para-hydroxylation sites is 1. The van der Waals surface area contributed by atoms with Gasteiger partial charge in [-0.2, -0.15) is 0 Å². The molecule has 1 N–H and O–H groups in total. The first-order valence-electron chi connectivity index (χ1n) is 10.9. The second kappa shape index (κ2) is 10.5. The lowest BCUT2D eigenvalue weighted by atomic mass is 10.2. The molecule has 0 spiro atoms. The van der Waals surface area contributed by atoms with E-state index in [2.05, 4.69) is 12.2 Å². The Kier molecular flexibility index (Phi) is 7.09. The zero-order valence-corrected chi connectivity index (χ0v) is 18.5. The number of rotatable bonds is 9. The first-order chi connectivity index (χ1) is 16.1. The maximum Gasteiger partial charge on any atom is 0.265 e. The van der Waals surface area contributed by atoms with Crippen LogP contribution in [0.1, 0.15) is 12.5 Å². The molecule has 0 saturated heterocycles. The standard InChI is InChI=1S/C26H26N2O5/c1-2-19-8-11-22(12-9-19)32-17-25(29)27-20-10-13-24-23(16-20)28(26(30)18-33-24)14-15-31-21-6-4-3-5-7-21/h3-13,16H,2,14-15,17-18H2,1H3,(H,27,29). The van der Waals surface area contributed by atoms with Crippen LogP contribution in [0, 0.1) is 0 Å². The molecule has 0 fully saturated rings. The summed E-state index contributed by atoms with van der Waals surface area (Å²) in [5.41, 5.74) is 2.35. The molecular formula is C26H26N2O5. The third-order valence-electron chi connectivity index (χ3n) is 5.21. The molecule has 0 radical (unpaired) electrons. The molecule has 0 aromatic heterocycles. The number of benzene rings is 3. The first-order valence-corrected chi connectivity index (χ1v) is 10.9. The highest BCUT2D eigenvalue weighted by Crippen LogP contribution is 2.34. The van der Waals surface area contributed by atoms with Crippen LogP contribution in [0.3, 0.4) is 0 Å². The van der Waals surface area contributed by atoms with Gasteiger partial charge in [0.05, 0.1) is 12.2 Å². The molecule has 1 aliphatic heterocycles. The van der Waals surface area contributed by atoms with E-state index in [1.165, 1.54) is 5.56 Å². The van der Waals surface area contributed by atoms with Gasteiger partial charge in [0.15, 0.2) is 13.2 Å². The fraction of sp³-hybridized carbons (Fsp3) is 0.231. The Morgan fingerprint density at radius 2 is 1.76 bits per heavy atom. The Hall–Kier alpha value is -4.00. The number of aryl methyl sites for hydroxylation is 1. The molecule has 4 rings (SSSR count). The molecule has 1 aliphatic rings. The van der Waals surface area contributed by atoms with Crippen molar-refractivity contribution in [3.63, 3.8) is 0 Å². The number of anilines is 2. The smallest absolute Gasteiger partial charge is 0.265 e. The molecule has 1 heterocycles. The monoisotopic (exact) mass is 446 g/mol. The fourth-order valence-corrected chi connectivity index (χ4v) is 3.46. The van der Waals surface area contributed by atoms with Crippen molar-refractivity contribution in [2.75, 3.05) is 36.6 Å². The highest BCUT2D eigenvalue weighted by Gasteiger charge is 2.26. The molecule has 3 aromatic rings. The maximum absolute atomic E-state index is 12.5. The van der Waals surface area contributed by atoms with Gasteiger partial charge >= 0.3 is 0 Å². The molecule has 170 valence electrons. The summed E-state index contributed by atoms with van der Waals surface area (Å²) < 4.78 is 16.8. The van der Waals surface area contributed by atoms with Crippen LogP contribution in [-0.4, -0.2) is 38.2 Å². The van der Waals surface area contributed by atoms with Crippen molar-refractivity contribution in [2.45, 2.75) is 13.3 Å². The van der Waals surface area contributed by atoms with Gasteiger partial charge in [-0.15, -0.1) is 0 Å². The number of fused-ring (bicyclic) bond motifs is 1. The zero-order chi connectivity index (χ0) is 23.0. The summed E-state index contributed by atoms with van der Waals surface area (Å²) in [6.07, 6.45) is 0.945. The fourth-order valence-electron chi connectivity index (χ4n) is 3.46. The minimum Gasteiger partial charge on any atom is -0.492 e. The van der Waals surface area contributed by atoms with Gasteiger partial charge in [0.2, 0.25) is 0 Å². The predicted octanol–water partition coefficient (Wildman–Crippen LogP) is 4.07. The van der Waals surface area contributed by atoms with E-state index in [9.17, 15) is 9.59 Å². The number of nitrogens with one attached hydrogen (secondary N) is 1. The topological polar surface area (TPSA) is 77.1 Å². The first kappa shape index (κ1) is 22.2. The van der Waals surface area contributed by atoms with Crippen molar-refractivity contribution >= 4 is 23.2 Å². The largest absolute Gasteiger partial charge is 0.492 e. The van der Waals surface area contributed by atoms with Crippen LogP contribution < -0.4 is 24.4 Å². The van der Waals surface area contributed by atoms with E-state index >= 15 is 0 Å². The molecule has 2 amide bonds. The van der Waals surface area contributed by atoms with E-state index in [0.717, 1.165) is 12.2 Å². The molecule has 0 saturated carbocycles. The summed E-state index contributed by atoms with van der Waals surface area (Å²) in [5.74, 6) is 1.50. The Morgan fingerprint density at radius 3 is 2.52 bits per heavy atom. The Bertz CT molecular complexity index is 1100. The van der Waals surface area contributed by atoms with Crippen molar-refractivity contribution in [3.05, 3.63) is 78.4 Å². The molecule has 33 heavy (non-hydrogen) atoms. The highest BCUT2D eigenvalue weighted by molar-refractivity contribution is 5.99. The Labute approximate surface area is 192 Å². The quantitative estimate of drug-likeness (QED) is 0.536. The Balaban J connectivity index is 1.36. The molecular weight excluding hydrogens is 420 g/mol. The van der Waals surface area contributed by atoms with E-state index < -0.39 is 0 Å². The van der Waals surface area contributed by atoms with Crippen LogP contribution in [-0.2, 0) is 16.0 Å². The van der Waals surface area contributed by atoms with Crippen LogP contribution in [0.25, 0.3) is 0 Å². The van der Waals surface area contributed by atoms with Gasteiger partial charge in [-0.1, -0.05) is 37.3 Å². The molecule has 3 aromatic carbocycles. The van der Waals surface area contributed by atoms with Crippen molar-refractivity contribution < 1.29 is 23.8 Å². The van der Waals surface area contributed by atoms with Gasteiger partial charge in [0.1, 0.15) is 23.9 Å². The third-order valence-corrected chi connectivity index (χ3v) is 5.21. The highest BCUT2D eigenvalue weighted by atomic mass is 16.5. The average molecular weight is 447 g/mol. The van der Waals surface area contributed by atoms with Crippen LogP contribution in [0.5, 0.6) is 17.2 Å². The van der Waals surface area contributed by atoms with Crippen molar-refractivity contribution in [3.8, 4) is 17.2 Å². The van der Waals surface area contributed by atoms with E-state index in [1.807, 2.05) is 54.6 Å². The van der Waals surface area contributed by atoms with Crippen molar-refractivity contribution in [1.29, 1.82) is 0 Å². The zero-order valence-electron chi connectivity index (χ0n) is 18.5. The second-order valence-corrected chi connectivity index (χ2v) is 7.51. The van der Waals surface area contributed by atoms with E-state index in [1.54, 1.807) is 23.1 Å². The van der Waals surface area contributed by atoms with Gasteiger partial charge in [-0.3, -0.25) is 9.59 Å². The van der Waals surface area contributed by atoms with Crippen molar-refractivity contribution in [1.82, 2.24) is 0 Å². The summed E-state index contributed by atoms with van der Waals surface area (Å²) >= 11 is 0. The average Bonchev–Trinajstić information content (AvgIpc) is 2.85. The summed E-state index contributed by atoms with van der Waals surface area (Å²) in [7, 11) is 0. The Morgan fingerprint density at radius 1 is 1.00 bits per heavy atom. The predicted molar refractivity (Wildman–Crippen MR) is 126 cm³/mol. The molecule has 7 nitrogen and oxygen atoms in total. The molecule has 0 unspecified atom stereocenters. The van der Waals surface area contributed by atoms with Crippen LogP contribution >= 0.6 is 0 Å². The van der Waals surface area contributed by atoms with Gasteiger partial charge in [0.25, 0.3) is 11.8 Å². The summed E-state index contributed by atoms with van der Waals surface area (Å²) in [6, 6.07) is 22.3. The second-order valence-electron chi connectivity index (χ2n) is 7.51. The minimum atomic E-state index is -0.295. The minimum absolute atomic E-state index is 0.0330. The van der Waals surface area contributed by atoms with Gasteiger partial charge < -0.3 is 24.4 Å². The number of carbonyl (C=O) groups excluding carboxylic acids is 2. The lowest BCUT2D eigenvalue weighted by Gasteiger charge is -2.29. The lowest BCUT2D eigenvalue weighted by molar-refractivity contribution is -0.121. The van der Waals surface area contributed by atoms with E-state index in [0.29, 0.717) is 36.0 Å². The molecule has 0 aliphatic carbocycles. The van der Waals surface area contributed by atoms with E-state index in [4.69, 9.17) is 14.2 Å². The van der Waals surface area contributed by atoms with Crippen LogP contribution in [0.15, 0.2) is 72.8 Å². The number of nitrogens with zero attached hydrogens (tertiary/aromatic N) is 1. The maximum atomic E-state index is 12.5. The lowest BCUT2D eigenvalue weighted by Crippen LogP contribution is -2.41. The van der Waals surface area contributed by atoms with Gasteiger partial charge in [-0.25, -0.2) is 0 Å². The van der Waals surface area contributed by atoms with Crippen LogP contribution in [0.2, 0.25) is 0 Å². The summed E-state index contributed by atoms with van der Waals surface area (Å²) in [4.78, 5) is 26.5. The van der Waals surface area contributed by atoms with Crippen LogP contribution in [0.4, 0.5) is 11.4 Å². The number of carbonyl (C=O) groups is 2. The summed E-state index contributed by atoms with van der Waals surface area (Å²) in [5, 5.41) is 2.81. The van der Waals surface area contributed by atoms with Crippen molar-refractivity contribution in [2.24, 2.45) is 0 Å². The normalized spacial score (nSPS) is 12.5. The van der Waals surface area contributed by atoms with Gasteiger partial charge in [-0.05, 0) is 54.4 Å². The number of amides is 2. The van der Waals surface area contributed by atoms with E-state index in [-0.39, 0.29) is 25.0 Å². The number of ether oxygens (including phenoxy) is 3. The molecule has 7 heteroatoms. The number of hydrogen-bond acceptors (Lipinski definition) is 5. The van der Waals surface area contributed by atoms with Gasteiger partial charge in [0, 0.05) is 5.69 Å².